The summed E-state index contributed by atoms with van der Waals surface area (Å²) >= 11 is 0. The highest BCUT2D eigenvalue weighted by atomic mass is 14.6. The smallest absolute Gasteiger partial charge is 0.00392 e. The van der Waals surface area contributed by atoms with Gasteiger partial charge in [0, 0.05) is 6.04 Å². The Balaban J connectivity index is 2.19. The molecular weight excluding hydrogens is 98.1 g/mol. The summed E-state index contributed by atoms with van der Waals surface area (Å²) in [6.45, 7) is 2.23. The van der Waals surface area contributed by atoms with Crippen LogP contribution in [0, 0.1) is 5.92 Å². The topological polar surface area (TPSA) is 26.0 Å². The molecule has 0 amide bonds. The first-order chi connectivity index (χ1) is 3.79. The normalized spacial score (nSPS) is 26.2. The van der Waals surface area contributed by atoms with Crippen LogP contribution in [-0.4, -0.2) is 6.04 Å². The standard InChI is InChI=1S/C7H14N/c1-6-2-4-7(8)5-3-6/h7H,2-5,8H2,1H3. The van der Waals surface area contributed by atoms with Crippen molar-refractivity contribution < 1.29 is 0 Å². The molecule has 0 unspecified atom stereocenters. The highest BCUT2D eigenvalue weighted by molar-refractivity contribution is 4.90. The van der Waals surface area contributed by atoms with Gasteiger partial charge in [0.15, 0.2) is 0 Å². The maximum absolute atomic E-state index is 5.68. The molecule has 0 aromatic carbocycles. The fraction of sp³-hybridized carbons (Fsp3) is 0.857. The van der Waals surface area contributed by atoms with E-state index in [0.717, 1.165) is 0 Å². The minimum atomic E-state index is 0.499. The molecule has 1 radical (unpaired) electrons. The first kappa shape index (κ1) is 6.09. The summed E-state index contributed by atoms with van der Waals surface area (Å²) in [5, 5.41) is 0. The van der Waals surface area contributed by atoms with Gasteiger partial charge in [-0.25, -0.2) is 0 Å². The maximum atomic E-state index is 5.68. The number of hydrogen-bond donors (Lipinski definition) is 1. The summed E-state index contributed by atoms with van der Waals surface area (Å²) < 4.78 is 0. The first-order valence-electron chi connectivity index (χ1n) is 3.36. The van der Waals surface area contributed by atoms with Crippen molar-refractivity contribution in [1.29, 1.82) is 0 Å². The van der Waals surface area contributed by atoms with Crippen LogP contribution in [0.1, 0.15) is 32.6 Å². The van der Waals surface area contributed by atoms with Crippen molar-refractivity contribution in [3.05, 3.63) is 5.92 Å². The van der Waals surface area contributed by atoms with E-state index in [1.54, 1.807) is 5.92 Å². The molecule has 1 nitrogen and oxygen atoms in total. The summed E-state index contributed by atoms with van der Waals surface area (Å²) in [6.07, 6.45) is 4.96. The van der Waals surface area contributed by atoms with E-state index in [2.05, 4.69) is 6.92 Å². The zero-order valence-corrected chi connectivity index (χ0v) is 5.48. The van der Waals surface area contributed by atoms with Crippen LogP contribution in [0.3, 0.4) is 0 Å². The molecule has 8 heavy (non-hydrogen) atoms. The van der Waals surface area contributed by atoms with Crippen LogP contribution < -0.4 is 5.73 Å². The predicted molar refractivity (Wildman–Crippen MR) is 35.4 cm³/mol. The summed E-state index contributed by atoms with van der Waals surface area (Å²) in [5.41, 5.74) is 5.68. The van der Waals surface area contributed by atoms with Crippen molar-refractivity contribution in [2.45, 2.75) is 38.6 Å². The summed E-state index contributed by atoms with van der Waals surface area (Å²) in [5.74, 6) is 1.63. The zero-order chi connectivity index (χ0) is 5.98. The van der Waals surface area contributed by atoms with Gasteiger partial charge < -0.3 is 5.73 Å². The molecule has 0 heterocycles. The fourth-order valence-electron chi connectivity index (χ4n) is 1.13. The van der Waals surface area contributed by atoms with Gasteiger partial charge in [0.25, 0.3) is 0 Å². The third-order valence-electron chi connectivity index (χ3n) is 1.88. The monoisotopic (exact) mass is 112 g/mol. The van der Waals surface area contributed by atoms with Crippen LogP contribution in [-0.2, 0) is 0 Å². The van der Waals surface area contributed by atoms with Crippen molar-refractivity contribution in [2.75, 3.05) is 0 Å². The van der Waals surface area contributed by atoms with E-state index in [-0.39, 0.29) is 0 Å². The molecule has 0 aromatic rings. The molecule has 0 aromatic heterocycles. The SMILES string of the molecule is C[C]1CCC(N)CC1. The lowest BCUT2D eigenvalue weighted by atomic mass is 9.88. The minimum Gasteiger partial charge on any atom is -0.328 e. The average Bonchev–Trinajstić information content (AvgIpc) is 1.77. The van der Waals surface area contributed by atoms with Gasteiger partial charge >= 0.3 is 0 Å². The van der Waals surface area contributed by atoms with Gasteiger partial charge in [-0.2, -0.15) is 0 Å². The molecule has 1 heteroatoms. The number of hydrogen-bond acceptors (Lipinski definition) is 1. The molecular formula is C7H14N. The third kappa shape index (κ3) is 1.48. The largest absolute Gasteiger partial charge is 0.328 e. The van der Waals surface area contributed by atoms with Crippen LogP contribution in [0.2, 0.25) is 0 Å². The molecule has 1 saturated carbocycles. The van der Waals surface area contributed by atoms with Gasteiger partial charge in [0.2, 0.25) is 0 Å². The van der Waals surface area contributed by atoms with Crippen LogP contribution in [0.4, 0.5) is 0 Å². The summed E-state index contributed by atoms with van der Waals surface area (Å²) in [7, 11) is 0. The fourth-order valence-corrected chi connectivity index (χ4v) is 1.13. The van der Waals surface area contributed by atoms with E-state index in [9.17, 15) is 0 Å². The summed E-state index contributed by atoms with van der Waals surface area (Å²) in [6, 6.07) is 0.499. The van der Waals surface area contributed by atoms with E-state index in [4.69, 9.17) is 5.73 Å². The van der Waals surface area contributed by atoms with Crippen molar-refractivity contribution in [2.24, 2.45) is 5.73 Å². The molecule has 0 spiro atoms. The second-order valence-electron chi connectivity index (χ2n) is 2.79. The Hall–Kier alpha value is -0.0400. The molecule has 0 atom stereocenters. The second-order valence-corrected chi connectivity index (χ2v) is 2.79. The molecule has 1 fully saturated rings. The Bertz CT molecular complexity index is 52.8. The number of nitrogens with two attached hydrogens (primary N) is 1. The van der Waals surface area contributed by atoms with Gasteiger partial charge in [-0.1, -0.05) is 6.92 Å². The lowest BCUT2D eigenvalue weighted by Gasteiger charge is -2.21. The Morgan fingerprint density at radius 2 is 1.88 bits per heavy atom. The van der Waals surface area contributed by atoms with Gasteiger partial charge in [0.05, 0.1) is 0 Å². The Morgan fingerprint density at radius 3 is 2.25 bits per heavy atom. The Morgan fingerprint density at radius 1 is 1.38 bits per heavy atom. The molecule has 0 saturated heterocycles. The molecule has 0 bridgehead atoms. The van der Waals surface area contributed by atoms with E-state index in [1.807, 2.05) is 0 Å². The van der Waals surface area contributed by atoms with Crippen molar-refractivity contribution >= 4 is 0 Å². The molecule has 1 rings (SSSR count). The summed E-state index contributed by atoms with van der Waals surface area (Å²) in [4.78, 5) is 0. The van der Waals surface area contributed by atoms with Crippen LogP contribution in [0.25, 0.3) is 0 Å². The first-order valence-corrected chi connectivity index (χ1v) is 3.36. The van der Waals surface area contributed by atoms with E-state index in [0.29, 0.717) is 6.04 Å². The van der Waals surface area contributed by atoms with Gasteiger partial charge in [-0.3, -0.25) is 0 Å². The molecule has 2 N–H and O–H groups in total. The highest BCUT2D eigenvalue weighted by Crippen LogP contribution is 2.23. The van der Waals surface area contributed by atoms with E-state index in [1.165, 1.54) is 25.7 Å². The Kier molecular flexibility index (Phi) is 1.90. The van der Waals surface area contributed by atoms with E-state index < -0.39 is 0 Å². The average molecular weight is 112 g/mol. The van der Waals surface area contributed by atoms with Crippen LogP contribution in [0.15, 0.2) is 0 Å². The molecule has 1 aliphatic carbocycles. The van der Waals surface area contributed by atoms with Crippen molar-refractivity contribution in [3.8, 4) is 0 Å². The molecule has 1 aliphatic rings. The minimum absolute atomic E-state index is 0.499. The highest BCUT2D eigenvalue weighted by Gasteiger charge is 2.13. The van der Waals surface area contributed by atoms with Crippen molar-refractivity contribution in [1.82, 2.24) is 0 Å². The second kappa shape index (κ2) is 2.49. The van der Waals surface area contributed by atoms with Gasteiger partial charge in [-0.05, 0) is 31.6 Å². The molecule has 47 valence electrons. The lowest BCUT2D eigenvalue weighted by Crippen LogP contribution is -2.24. The molecule has 0 aliphatic heterocycles. The third-order valence-corrected chi connectivity index (χ3v) is 1.88. The van der Waals surface area contributed by atoms with Crippen LogP contribution in [0.5, 0.6) is 0 Å². The maximum Gasteiger partial charge on any atom is 0.00392 e. The Labute approximate surface area is 51.3 Å². The van der Waals surface area contributed by atoms with Crippen molar-refractivity contribution in [3.63, 3.8) is 0 Å². The van der Waals surface area contributed by atoms with Gasteiger partial charge in [0.1, 0.15) is 0 Å². The van der Waals surface area contributed by atoms with Crippen LogP contribution >= 0.6 is 0 Å². The zero-order valence-electron chi connectivity index (χ0n) is 5.48. The van der Waals surface area contributed by atoms with E-state index >= 15 is 0 Å². The predicted octanol–water partition coefficient (Wildman–Crippen LogP) is 1.48. The quantitative estimate of drug-likeness (QED) is 0.504. The van der Waals surface area contributed by atoms with Gasteiger partial charge in [-0.15, -0.1) is 0 Å². The number of rotatable bonds is 0. The lowest BCUT2D eigenvalue weighted by molar-refractivity contribution is 0.469.